The first-order valence-electron chi connectivity index (χ1n) is 16.3. The molecule has 0 aromatic heterocycles. The molecule has 0 saturated heterocycles. The summed E-state index contributed by atoms with van der Waals surface area (Å²) in [5, 5.41) is 14.9. The monoisotopic (exact) mass is 603 g/mol. The number of nitrogens with one attached hydrogen (secondary N) is 2. The molecule has 0 spiro atoms. The molecule has 0 heterocycles. The van der Waals surface area contributed by atoms with E-state index >= 15 is 0 Å². The van der Waals surface area contributed by atoms with Crippen molar-refractivity contribution in [3.63, 3.8) is 0 Å². The lowest BCUT2D eigenvalue weighted by Gasteiger charge is -2.22. The molecule has 244 valence electrons. The van der Waals surface area contributed by atoms with E-state index in [2.05, 4.69) is 22.5 Å². The smallest absolute Gasteiger partial charge is 0.328 e. The predicted octanol–water partition coefficient (Wildman–Crippen LogP) is 5.00. The molecular formula is C33H57N5O5. The van der Waals surface area contributed by atoms with Crippen LogP contribution in [0.2, 0.25) is 0 Å². The summed E-state index contributed by atoms with van der Waals surface area (Å²) in [7, 11) is 0. The zero-order chi connectivity index (χ0) is 31.7. The molecule has 0 fully saturated rings. The molecule has 10 heteroatoms. The van der Waals surface area contributed by atoms with Gasteiger partial charge in [0.1, 0.15) is 17.8 Å². The van der Waals surface area contributed by atoms with E-state index < -0.39 is 24.0 Å². The van der Waals surface area contributed by atoms with Crippen LogP contribution in [0.25, 0.3) is 0 Å². The van der Waals surface area contributed by atoms with E-state index in [1.54, 1.807) is 12.1 Å². The summed E-state index contributed by atoms with van der Waals surface area (Å²) in [6.45, 7) is 4.18. The van der Waals surface area contributed by atoms with Gasteiger partial charge in [0.15, 0.2) is 5.96 Å². The molecule has 7 N–H and O–H groups in total. The van der Waals surface area contributed by atoms with Gasteiger partial charge in [-0.15, -0.1) is 0 Å². The number of aliphatic imine (C=N–C) groups is 1. The summed E-state index contributed by atoms with van der Waals surface area (Å²) in [6.07, 6.45) is 18.3. The van der Waals surface area contributed by atoms with Crippen LogP contribution in [0.3, 0.4) is 0 Å². The van der Waals surface area contributed by atoms with Crippen molar-refractivity contribution < 1.29 is 24.2 Å². The molecular weight excluding hydrogens is 546 g/mol. The highest BCUT2D eigenvalue weighted by molar-refractivity contribution is 5.90. The number of carbonyl (C=O) groups excluding carboxylic acids is 3. The topological polar surface area (TPSA) is 169 Å². The van der Waals surface area contributed by atoms with Crippen molar-refractivity contribution in [1.82, 2.24) is 10.6 Å². The standard InChI is InChI=1S/C33H57N5O5/c1-3-4-5-6-7-8-9-10-11-12-13-14-15-16-24-43-32(42)29(18-17-23-36-33(34)35)38-31(41)30(37-26(2)39)25-27-19-21-28(40)22-20-27/h19-22,29-30,40H,3-18,23-25H2,1-2H3,(H,37,39)(H,38,41)(H4,34,35,36). The van der Waals surface area contributed by atoms with E-state index in [-0.39, 0.29) is 30.5 Å². The van der Waals surface area contributed by atoms with E-state index in [9.17, 15) is 19.5 Å². The summed E-state index contributed by atoms with van der Waals surface area (Å²) < 4.78 is 5.53. The Morgan fingerprint density at radius 3 is 1.84 bits per heavy atom. The molecule has 0 radical (unpaired) electrons. The van der Waals surface area contributed by atoms with Gasteiger partial charge in [0, 0.05) is 19.9 Å². The Morgan fingerprint density at radius 1 is 0.791 bits per heavy atom. The van der Waals surface area contributed by atoms with Crippen molar-refractivity contribution in [2.24, 2.45) is 16.5 Å². The average molecular weight is 604 g/mol. The molecule has 1 aromatic carbocycles. The van der Waals surface area contributed by atoms with Gasteiger partial charge in [-0.2, -0.15) is 0 Å². The fourth-order valence-corrected chi connectivity index (χ4v) is 4.92. The van der Waals surface area contributed by atoms with Crippen molar-refractivity contribution in [3.05, 3.63) is 29.8 Å². The molecule has 0 bridgehead atoms. The second-order valence-electron chi connectivity index (χ2n) is 11.4. The maximum Gasteiger partial charge on any atom is 0.328 e. The molecule has 10 nitrogen and oxygen atoms in total. The van der Waals surface area contributed by atoms with Gasteiger partial charge >= 0.3 is 5.97 Å². The Morgan fingerprint density at radius 2 is 1.33 bits per heavy atom. The van der Waals surface area contributed by atoms with E-state index in [1.807, 2.05) is 0 Å². The number of ether oxygens (including phenoxy) is 1. The Balaban J connectivity index is 2.46. The number of aromatic hydroxyl groups is 1. The molecule has 2 unspecified atom stereocenters. The molecule has 0 aliphatic heterocycles. The lowest BCUT2D eigenvalue weighted by molar-refractivity contribution is -0.148. The van der Waals surface area contributed by atoms with Crippen molar-refractivity contribution in [2.45, 2.75) is 135 Å². The fraction of sp³-hybridized carbons (Fsp3) is 0.697. The molecule has 0 aliphatic rings. The van der Waals surface area contributed by atoms with Gasteiger partial charge in [0.05, 0.1) is 6.61 Å². The number of rotatable bonds is 25. The van der Waals surface area contributed by atoms with Crippen molar-refractivity contribution >= 4 is 23.7 Å². The number of nitrogens with zero attached hydrogens (tertiary/aromatic N) is 1. The molecule has 2 amide bonds. The van der Waals surface area contributed by atoms with Gasteiger partial charge in [0.25, 0.3) is 0 Å². The Labute approximate surface area is 258 Å². The normalized spacial score (nSPS) is 12.2. The second kappa shape index (κ2) is 24.2. The van der Waals surface area contributed by atoms with Gasteiger partial charge in [0.2, 0.25) is 11.8 Å². The second-order valence-corrected chi connectivity index (χ2v) is 11.4. The van der Waals surface area contributed by atoms with Crippen LogP contribution in [0.15, 0.2) is 29.3 Å². The first-order valence-corrected chi connectivity index (χ1v) is 16.3. The molecule has 0 aliphatic carbocycles. The molecule has 0 saturated carbocycles. The maximum absolute atomic E-state index is 13.2. The van der Waals surface area contributed by atoms with Crippen LogP contribution < -0.4 is 22.1 Å². The molecule has 1 rings (SSSR count). The van der Waals surface area contributed by atoms with E-state index in [1.165, 1.54) is 89.7 Å². The number of unbranched alkanes of at least 4 members (excludes halogenated alkanes) is 13. The molecule has 1 aromatic rings. The van der Waals surface area contributed by atoms with Crippen LogP contribution in [0.4, 0.5) is 0 Å². The van der Waals surface area contributed by atoms with E-state index in [0.29, 0.717) is 19.6 Å². The van der Waals surface area contributed by atoms with Gasteiger partial charge in [-0.25, -0.2) is 4.79 Å². The lowest BCUT2D eigenvalue weighted by atomic mass is 10.0. The Hall–Kier alpha value is -3.30. The number of hydrogen-bond acceptors (Lipinski definition) is 6. The summed E-state index contributed by atoms with van der Waals surface area (Å²) in [5.74, 6) is -1.32. The number of hydrogen-bond donors (Lipinski definition) is 5. The minimum Gasteiger partial charge on any atom is -0.508 e. The number of carbonyl (C=O) groups is 3. The van der Waals surface area contributed by atoms with Crippen LogP contribution >= 0.6 is 0 Å². The van der Waals surface area contributed by atoms with E-state index in [4.69, 9.17) is 16.2 Å². The van der Waals surface area contributed by atoms with E-state index in [0.717, 1.165) is 24.8 Å². The lowest BCUT2D eigenvalue weighted by Crippen LogP contribution is -2.52. The minimum absolute atomic E-state index is 0.0411. The van der Waals surface area contributed by atoms with Crippen LogP contribution in [-0.4, -0.2) is 54.1 Å². The average Bonchev–Trinajstić information content (AvgIpc) is 2.96. The van der Waals surface area contributed by atoms with Gasteiger partial charge in [-0.1, -0.05) is 103 Å². The third kappa shape index (κ3) is 20.3. The summed E-state index contributed by atoms with van der Waals surface area (Å²) in [6, 6.07) is 4.58. The maximum atomic E-state index is 13.2. The van der Waals surface area contributed by atoms with Gasteiger partial charge < -0.3 is 31.9 Å². The largest absolute Gasteiger partial charge is 0.508 e. The fourth-order valence-electron chi connectivity index (χ4n) is 4.92. The van der Waals surface area contributed by atoms with Gasteiger partial charge in [-0.05, 0) is 37.0 Å². The zero-order valence-electron chi connectivity index (χ0n) is 26.6. The molecule has 2 atom stereocenters. The first kappa shape index (κ1) is 37.7. The van der Waals surface area contributed by atoms with Crippen molar-refractivity contribution in [1.29, 1.82) is 0 Å². The van der Waals surface area contributed by atoms with Crippen LogP contribution in [-0.2, 0) is 25.5 Å². The number of amides is 2. The Kier molecular flexibility index (Phi) is 21.2. The highest BCUT2D eigenvalue weighted by atomic mass is 16.5. The number of esters is 1. The predicted molar refractivity (Wildman–Crippen MR) is 173 cm³/mol. The van der Waals surface area contributed by atoms with Gasteiger partial charge in [-0.3, -0.25) is 14.6 Å². The summed E-state index contributed by atoms with van der Waals surface area (Å²) >= 11 is 0. The quantitative estimate of drug-likeness (QED) is 0.0453. The third-order valence-electron chi connectivity index (χ3n) is 7.36. The summed E-state index contributed by atoms with van der Waals surface area (Å²) in [4.78, 5) is 41.9. The highest BCUT2D eigenvalue weighted by Gasteiger charge is 2.27. The van der Waals surface area contributed by atoms with Crippen LogP contribution in [0.5, 0.6) is 5.75 Å². The van der Waals surface area contributed by atoms with Crippen molar-refractivity contribution in [2.75, 3.05) is 13.2 Å². The van der Waals surface area contributed by atoms with Crippen LogP contribution in [0, 0.1) is 0 Å². The Bertz CT molecular complexity index is 934. The van der Waals surface area contributed by atoms with Crippen LogP contribution in [0.1, 0.15) is 122 Å². The zero-order valence-corrected chi connectivity index (χ0v) is 26.6. The minimum atomic E-state index is -0.902. The number of benzene rings is 1. The first-order chi connectivity index (χ1) is 20.7. The van der Waals surface area contributed by atoms with Crippen molar-refractivity contribution in [3.8, 4) is 5.75 Å². The number of guanidine groups is 1. The SMILES string of the molecule is CCCCCCCCCCCCCCCCOC(=O)C(CCCN=C(N)N)NC(=O)C(Cc1ccc(O)cc1)NC(C)=O. The third-order valence-corrected chi connectivity index (χ3v) is 7.36. The highest BCUT2D eigenvalue weighted by Crippen LogP contribution is 2.14. The number of phenols is 1. The summed E-state index contributed by atoms with van der Waals surface area (Å²) in [5.41, 5.74) is 11.5. The number of phenolic OH excluding ortho intramolecular Hbond substituents is 1. The molecule has 43 heavy (non-hydrogen) atoms. The number of nitrogens with two attached hydrogens (primary N) is 2.